The van der Waals surface area contributed by atoms with Crippen molar-refractivity contribution in [2.45, 2.75) is 6.42 Å². The lowest BCUT2D eigenvalue weighted by atomic mass is 10.2. The number of benzene rings is 1. The van der Waals surface area contributed by atoms with Crippen LogP contribution in [0, 0.1) is 0 Å². The molecule has 1 amide bonds. The Morgan fingerprint density at radius 1 is 1.44 bits per heavy atom. The highest BCUT2D eigenvalue weighted by atomic mass is 35.5. The Morgan fingerprint density at radius 2 is 2.12 bits per heavy atom. The van der Waals surface area contributed by atoms with E-state index in [1.807, 2.05) is 0 Å². The van der Waals surface area contributed by atoms with E-state index < -0.39 is 11.9 Å². The van der Waals surface area contributed by atoms with Crippen LogP contribution in [-0.2, 0) is 4.79 Å². The molecule has 5 nitrogen and oxygen atoms in total. The van der Waals surface area contributed by atoms with Crippen molar-refractivity contribution in [1.29, 1.82) is 0 Å². The van der Waals surface area contributed by atoms with Crippen molar-refractivity contribution in [1.82, 2.24) is 0 Å². The zero-order valence-corrected chi connectivity index (χ0v) is 9.12. The zero-order valence-electron chi connectivity index (χ0n) is 8.37. The summed E-state index contributed by atoms with van der Waals surface area (Å²) in [6.45, 7) is 0.269. The molecular formula is C10H11ClN2O3. The fourth-order valence-electron chi connectivity index (χ4n) is 1.12. The first kappa shape index (κ1) is 12.3. The van der Waals surface area contributed by atoms with Gasteiger partial charge in [0, 0.05) is 12.1 Å². The molecule has 1 aromatic carbocycles. The van der Waals surface area contributed by atoms with Crippen LogP contribution in [0.25, 0.3) is 0 Å². The number of nitrogens with two attached hydrogens (primary N) is 1. The van der Waals surface area contributed by atoms with Crippen LogP contribution in [0.4, 0.5) is 5.69 Å². The van der Waals surface area contributed by atoms with Crippen LogP contribution >= 0.6 is 11.6 Å². The molecular weight excluding hydrogens is 232 g/mol. The largest absolute Gasteiger partial charge is 0.481 e. The van der Waals surface area contributed by atoms with Crippen LogP contribution in [0.5, 0.6) is 0 Å². The van der Waals surface area contributed by atoms with Crippen LogP contribution in [0.2, 0.25) is 5.02 Å². The number of carbonyl (C=O) groups excluding carboxylic acids is 1. The summed E-state index contributed by atoms with van der Waals surface area (Å²) >= 11 is 5.87. The van der Waals surface area contributed by atoms with Gasteiger partial charge in [-0.2, -0.15) is 0 Å². The van der Waals surface area contributed by atoms with Crippen molar-refractivity contribution in [3.8, 4) is 0 Å². The van der Waals surface area contributed by atoms with Gasteiger partial charge in [-0.1, -0.05) is 11.6 Å². The van der Waals surface area contributed by atoms with Gasteiger partial charge in [0.1, 0.15) is 0 Å². The summed E-state index contributed by atoms with van der Waals surface area (Å²) in [5, 5.41) is 11.6. The molecule has 1 aromatic rings. The van der Waals surface area contributed by atoms with E-state index in [-0.39, 0.29) is 13.0 Å². The molecule has 0 fully saturated rings. The molecule has 86 valence electrons. The first-order chi connectivity index (χ1) is 7.50. The van der Waals surface area contributed by atoms with Crippen molar-refractivity contribution in [2.75, 3.05) is 11.9 Å². The molecule has 0 aliphatic carbocycles. The number of hydrogen-bond acceptors (Lipinski definition) is 3. The Kier molecular flexibility index (Phi) is 4.13. The average molecular weight is 243 g/mol. The predicted octanol–water partition coefficient (Wildman–Crippen LogP) is 1.33. The quantitative estimate of drug-likeness (QED) is 0.726. The predicted molar refractivity (Wildman–Crippen MR) is 60.7 cm³/mol. The molecule has 4 N–H and O–H groups in total. The van der Waals surface area contributed by atoms with E-state index in [4.69, 9.17) is 22.4 Å². The van der Waals surface area contributed by atoms with Gasteiger partial charge in [0.2, 0.25) is 5.91 Å². The van der Waals surface area contributed by atoms with Crippen LogP contribution in [-0.4, -0.2) is 23.5 Å². The Hall–Kier alpha value is -1.75. The summed E-state index contributed by atoms with van der Waals surface area (Å²) in [5.74, 6) is -1.45. The lowest BCUT2D eigenvalue weighted by molar-refractivity contribution is -0.136. The van der Waals surface area contributed by atoms with Crippen molar-refractivity contribution in [3.05, 3.63) is 28.8 Å². The normalized spacial score (nSPS) is 9.81. The first-order valence-corrected chi connectivity index (χ1v) is 4.93. The third-order valence-electron chi connectivity index (χ3n) is 1.91. The van der Waals surface area contributed by atoms with Crippen LogP contribution in [0.1, 0.15) is 16.8 Å². The van der Waals surface area contributed by atoms with E-state index in [1.54, 1.807) is 6.07 Å². The van der Waals surface area contributed by atoms with E-state index >= 15 is 0 Å². The molecule has 0 aliphatic heterocycles. The smallest absolute Gasteiger partial charge is 0.305 e. The Bertz CT molecular complexity index is 421. The lowest BCUT2D eigenvalue weighted by Crippen LogP contribution is -2.11. The van der Waals surface area contributed by atoms with Crippen LogP contribution in [0.15, 0.2) is 18.2 Å². The topological polar surface area (TPSA) is 92.4 Å². The van der Waals surface area contributed by atoms with Gasteiger partial charge in [0.05, 0.1) is 17.1 Å². The number of primary amides is 1. The molecule has 6 heteroatoms. The second-order valence-corrected chi connectivity index (χ2v) is 3.54. The van der Waals surface area contributed by atoms with Gasteiger partial charge in [0.15, 0.2) is 0 Å². The van der Waals surface area contributed by atoms with Crippen LogP contribution < -0.4 is 11.1 Å². The third-order valence-corrected chi connectivity index (χ3v) is 2.22. The van der Waals surface area contributed by atoms with Crippen molar-refractivity contribution in [3.63, 3.8) is 0 Å². The molecule has 0 spiro atoms. The summed E-state index contributed by atoms with van der Waals surface area (Å²) < 4.78 is 0. The SMILES string of the molecule is NC(=O)c1ccc(NCCC(=O)O)c(Cl)c1. The number of rotatable bonds is 5. The molecule has 0 saturated carbocycles. The van der Waals surface area contributed by atoms with E-state index in [0.717, 1.165) is 0 Å². The highest BCUT2D eigenvalue weighted by molar-refractivity contribution is 6.33. The first-order valence-electron chi connectivity index (χ1n) is 4.55. The minimum Gasteiger partial charge on any atom is -0.481 e. The van der Waals surface area contributed by atoms with E-state index in [2.05, 4.69) is 5.32 Å². The number of nitrogens with one attached hydrogen (secondary N) is 1. The summed E-state index contributed by atoms with van der Waals surface area (Å²) in [6, 6.07) is 4.55. The standard InChI is InChI=1S/C10H11ClN2O3/c11-7-5-6(10(12)16)1-2-8(7)13-4-3-9(14)15/h1-2,5,13H,3-4H2,(H2,12,16)(H,14,15). The maximum Gasteiger partial charge on any atom is 0.305 e. The number of carboxylic acids is 1. The number of aliphatic carboxylic acids is 1. The average Bonchev–Trinajstić information content (AvgIpc) is 2.19. The number of halogens is 1. The van der Waals surface area contributed by atoms with Gasteiger partial charge in [-0.3, -0.25) is 9.59 Å². The molecule has 0 atom stereocenters. The van der Waals surface area contributed by atoms with Crippen molar-refractivity contribution >= 4 is 29.2 Å². The number of amides is 1. The zero-order chi connectivity index (χ0) is 12.1. The monoisotopic (exact) mass is 242 g/mol. The molecule has 0 heterocycles. The maximum absolute atomic E-state index is 10.8. The molecule has 0 unspecified atom stereocenters. The van der Waals surface area contributed by atoms with E-state index in [0.29, 0.717) is 16.3 Å². The molecule has 0 bridgehead atoms. The number of anilines is 1. The molecule has 0 aromatic heterocycles. The highest BCUT2D eigenvalue weighted by Crippen LogP contribution is 2.22. The van der Waals surface area contributed by atoms with Crippen LogP contribution in [0.3, 0.4) is 0 Å². The fraction of sp³-hybridized carbons (Fsp3) is 0.200. The van der Waals surface area contributed by atoms with Crippen molar-refractivity contribution in [2.24, 2.45) is 5.73 Å². The number of hydrogen-bond donors (Lipinski definition) is 3. The van der Waals surface area contributed by atoms with Gasteiger partial charge >= 0.3 is 5.97 Å². The Labute approximate surface area is 97.2 Å². The third kappa shape index (κ3) is 3.43. The molecule has 0 radical (unpaired) electrons. The number of carbonyl (C=O) groups is 2. The maximum atomic E-state index is 10.8. The molecule has 1 rings (SSSR count). The van der Waals surface area contributed by atoms with Gasteiger partial charge in [-0.15, -0.1) is 0 Å². The summed E-state index contributed by atoms with van der Waals surface area (Å²) in [6.07, 6.45) is -0.00605. The lowest BCUT2D eigenvalue weighted by Gasteiger charge is -2.07. The Balaban J connectivity index is 2.68. The summed E-state index contributed by atoms with van der Waals surface area (Å²) in [5.41, 5.74) is 5.97. The van der Waals surface area contributed by atoms with Gasteiger partial charge in [-0.05, 0) is 18.2 Å². The minimum atomic E-state index is -0.891. The second-order valence-electron chi connectivity index (χ2n) is 3.13. The van der Waals surface area contributed by atoms with Gasteiger partial charge < -0.3 is 16.2 Å². The van der Waals surface area contributed by atoms with Crippen molar-refractivity contribution < 1.29 is 14.7 Å². The summed E-state index contributed by atoms with van der Waals surface area (Å²) in [4.78, 5) is 21.1. The minimum absolute atomic E-state index is 0.00605. The molecule has 0 saturated heterocycles. The highest BCUT2D eigenvalue weighted by Gasteiger charge is 2.05. The van der Waals surface area contributed by atoms with Gasteiger partial charge in [-0.25, -0.2) is 0 Å². The van der Waals surface area contributed by atoms with Gasteiger partial charge in [0.25, 0.3) is 0 Å². The fourth-order valence-corrected chi connectivity index (χ4v) is 1.36. The van der Waals surface area contributed by atoms with E-state index in [9.17, 15) is 9.59 Å². The molecule has 0 aliphatic rings. The summed E-state index contributed by atoms with van der Waals surface area (Å²) in [7, 11) is 0. The molecule has 16 heavy (non-hydrogen) atoms. The van der Waals surface area contributed by atoms with E-state index in [1.165, 1.54) is 12.1 Å². The second kappa shape index (κ2) is 5.37. The Morgan fingerprint density at radius 3 is 2.62 bits per heavy atom. The number of carboxylic acid groups (broad SMARTS) is 1.